The van der Waals surface area contributed by atoms with Crippen molar-refractivity contribution in [2.24, 2.45) is 5.73 Å². The second kappa shape index (κ2) is 8.30. The SMILES string of the molecule is NC/C=C(\F)Cn1cnc2c(-c3ccc(S(=O)(=O)NC4CC4)cc3)cc(C(F)(F)F)cc21. The molecule has 170 valence electrons. The van der Waals surface area contributed by atoms with Crippen LogP contribution < -0.4 is 10.5 Å². The van der Waals surface area contributed by atoms with E-state index in [0.29, 0.717) is 5.56 Å². The van der Waals surface area contributed by atoms with Gasteiger partial charge in [-0.1, -0.05) is 12.1 Å². The van der Waals surface area contributed by atoms with Gasteiger partial charge in [0, 0.05) is 18.2 Å². The van der Waals surface area contributed by atoms with Crippen LogP contribution in [0.5, 0.6) is 0 Å². The highest BCUT2D eigenvalue weighted by Crippen LogP contribution is 2.37. The number of nitrogens with one attached hydrogen (secondary N) is 1. The Kier molecular flexibility index (Phi) is 5.82. The number of hydrogen-bond acceptors (Lipinski definition) is 4. The Morgan fingerprint density at radius 1 is 1.22 bits per heavy atom. The number of nitrogens with zero attached hydrogens (tertiary/aromatic N) is 2. The summed E-state index contributed by atoms with van der Waals surface area (Å²) >= 11 is 0. The molecule has 1 saturated carbocycles. The van der Waals surface area contributed by atoms with Gasteiger partial charge in [0.25, 0.3) is 0 Å². The number of aromatic nitrogens is 2. The maximum absolute atomic E-state index is 14.0. The molecule has 1 fully saturated rings. The molecule has 4 rings (SSSR count). The predicted octanol–water partition coefficient (Wildman–Crippen LogP) is 3.97. The number of allylic oxidation sites excluding steroid dienone is 1. The fourth-order valence-electron chi connectivity index (χ4n) is 3.33. The van der Waals surface area contributed by atoms with Crippen LogP contribution in [0.4, 0.5) is 17.6 Å². The average molecular weight is 468 g/mol. The molecule has 0 bridgehead atoms. The minimum atomic E-state index is -4.64. The zero-order valence-corrected chi connectivity index (χ0v) is 17.5. The summed E-state index contributed by atoms with van der Waals surface area (Å²) in [6.07, 6.45) is -0.681. The minimum absolute atomic E-state index is 0.0240. The average Bonchev–Trinajstić information content (AvgIpc) is 3.44. The Labute approximate surface area is 181 Å². The lowest BCUT2D eigenvalue weighted by Crippen LogP contribution is -2.25. The summed E-state index contributed by atoms with van der Waals surface area (Å²) in [6, 6.07) is 7.35. The first-order valence-electron chi connectivity index (χ1n) is 9.82. The topological polar surface area (TPSA) is 90.0 Å². The van der Waals surface area contributed by atoms with Crippen LogP contribution in [0.25, 0.3) is 22.2 Å². The van der Waals surface area contributed by atoms with Gasteiger partial charge in [-0.2, -0.15) is 13.2 Å². The van der Waals surface area contributed by atoms with Crippen molar-refractivity contribution < 1.29 is 26.0 Å². The number of benzene rings is 2. The van der Waals surface area contributed by atoms with Crippen LogP contribution in [0, 0.1) is 0 Å². The van der Waals surface area contributed by atoms with E-state index in [1.807, 2.05) is 0 Å². The fraction of sp³-hybridized carbons (Fsp3) is 0.286. The largest absolute Gasteiger partial charge is 0.416 e. The molecule has 0 spiro atoms. The monoisotopic (exact) mass is 468 g/mol. The van der Waals surface area contributed by atoms with Crippen molar-refractivity contribution in [3.8, 4) is 11.1 Å². The number of alkyl halides is 3. The van der Waals surface area contributed by atoms with Gasteiger partial charge in [0.1, 0.15) is 5.83 Å². The van der Waals surface area contributed by atoms with Gasteiger partial charge in [-0.3, -0.25) is 0 Å². The Hall–Kier alpha value is -2.76. The number of imidazole rings is 1. The van der Waals surface area contributed by atoms with Crippen LogP contribution in [-0.2, 0) is 22.7 Å². The van der Waals surface area contributed by atoms with E-state index in [9.17, 15) is 26.0 Å². The Morgan fingerprint density at radius 3 is 2.50 bits per heavy atom. The quantitative estimate of drug-likeness (QED) is 0.514. The maximum atomic E-state index is 14.0. The molecule has 1 aromatic heterocycles. The molecular weight excluding hydrogens is 448 g/mol. The van der Waals surface area contributed by atoms with Gasteiger partial charge in [0.05, 0.1) is 34.4 Å². The van der Waals surface area contributed by atoms with Gasteiger partial charge in [0.2, 0.25) is 10.0 Å². The number of sulfonamides is 1. The van der Waals surface area contributed by atoms with Crippen LogP contribution in [0.3, 0.4) is 0 Å². The third-order valence-electron chi connectivity index (χ3n) is 5.09. The number of rotatable bonds is 7. The lowest BCUT2D eigenvalue weighted by Gasteiger charge is -2.12. The summed E-state index contributed by atoms with van der Waals surface area (Å²) in [5.74, 6) is -0.594. The molecule has 3 N–H and O–H groups in total. The van der Waals surface area contributed by atoms with Crippen LogP contribution in [-0.4, -0.2) is 30.6 Å². The second-order valence-electron chi connectivity index (χ2n) is 7.57. The standard InChI is InChI=1S/C21H20F4N4O2S/c22-15(7-8-26)11-29-12-27-20-18(9-14(10-19(20)29)21(23,24)25)13-1-5-17(6-2-13)32(30,31)28-16-3-4-16/h1-2,5-7,9-10,12,16,28H,3-4,8,11,26H2/b15-7-. The van der Waals surface area contributed by atoms with Gasteiger partial charge < -0.3 is 10.3 Å². The number of hydrogen-bond donors (Lipinski definition) is 2. The third kappa shape index (κ3) is 4.69. The third-order valence-corrected chi connectivity index (χ3v) is 6.62. The molecular formula is C21H20F4N4O2S. The normalized spacial score (nSPS) is 15.5. The number of halogens is 4. The highest BCUT2D eigenvalue weighted by molar-refractivity contribution is 7.89. The lowest BCUT2D eigenvalue weighted by atomic mass is 10.0. The summed E-state index contributed by atoms with van der Waals surface area (Å²) in [6.45, 7) is -0.346. The summed E-state index contributed by atoms with van der Waals surface area (Å²) in [5.41, 5.74) is 5.23. The predicted molar refractivity (Wildman–Crippen MR) is 112 cm³/mol. The maximum Gasteiger partial charge on any atom is 0.416 e. The highest BCUT2D eigenvalue weighted by atomic mass is 32.2. The van der Waals surface area contributed by atoms with Crippen LogP contribution in [0.15, 0.2) is 59.5 Å². The van der Waals surface area contributed by atoms with Gasteiger partial charge in [0.15, 0.2) is 0 Å². The first-order chi connectivity index (χ1) is 15.1. The van der Waals surface area contributed by atoms with Gasteiger partial charge >= 0.3 is 6.18 Å². The molecule has 2 aromatic carbocycles. The molecule has 0 aliphatic heterocycles. The highest BCUT2D eigenvalue weighted by Gasteiger charge is 2.32. The smallest absolute Gasteiger partial charge is 0.327 e. The van der Waals surface area contributed by atoms with Gasteiger partial charge in [-0.25, -0.2) is 22.5 Å². The molecule has 32 heavy (non-hydrogen) atoms. The van der Waals surface area contributed by atoms with Crippen LogP contribution in [0.2, 0.25) is 0 Å². The number of nitrogens with two attached hydrogens (primary N) is 1. The van der Waals surface area contributed by atoms with Crippen LogP contribution >= 0.6 is 0 Å². The van der Waals surface area contributed by atoms with E-state index in [2.05, 4.69) is 9.71 Å². The van der Waals surface area contributed by atoms with Crippen molar-refractivity contribution in [3.63, 3.8) is 0 Å². The molecule has 1 aliphatic carbocycles. The summed E-state index contributed by atoms with van der Waals surface area (Å²) in [7, 11) is -3.69. The first kappa shape index (κ1) is 22.4. The van der Waals surface area contributed by atoms with E-state index < -0.39 is 27.6 Å². The van der Waals surface area contributed by atoms with Gasteiger partial charge in [-0.15, -0.1) is 0 Å². The molecule has 0 saturated heterocycles. The van der Waals surface area contributed by atoms with E-state index >= 15 is 0 Å². The van der Waals surface area contributed by atoms with Crippen molar-refractivity contribution in [1.29, 1.82) is 0 Å². The molecule has 1 heterocycles. The molecule has 11 heteroatoms. The van der Waals surface area contributed by atoms with Crippen molar-refractivity contribution in [3.05, 3.63) is 60.2 Å². The summed E-state index contributed by atoms with van der Waals surface area (Å²) < 4.78 is 83.2. The second-order valence-corrected chi connectivity index (χ2v) is 9.28. The zero-order chi connectivity index (χ0) is 23.1. The van der Waals surface area contributed by atoms with E-state index in [4.69, 9.17) is 5.73 Å². The van der Waals surface area contributed by atoms with Gasteiger partial charge in [-0.05, 0) is 48.7 Å². The molecule has 0 radical (unpaired) electrons. The molecule has 0 unspecified atom stereocenters. The Balaban J connectivity index is 1.79. The Bertz CT molecular complexity index is 1280. The molecule has 3 aromatic rings. The minimum Gasteiger partial charge on any atom is -0.327 e. The van der Waals surface area contributed by atoms with E-state index in [1.165, 1.54) is 35.2 Å². The summed E-state index contributed by atoms with van der Waals surface area (Å²) in [5, 5.41) is 0. The van der Waals surface area contributed by atoms with E-state index in [-0.39, 0.29) is 40.6 Å². The fourth-order valence-corrected chi connectivity index (χ4v) is 4.64. The van der Waals surface area contributed by atoms with Crippen molar-refractivity contribution >= 4 is 21.1 Å². The van der Waals surface area contributed by atoms with Crippen molar-refractivity contribution in [1.82, 2.24) is 14.3 Å². The Morgan fingerprint density at radius 2 is 1.91 bits per heavy atom. The zero-order valence-electron chi connectivity index (χ0n) is 16.7. The molecule has 6 nitrogen and oxygen atoms in total. The molecule has 0 amide bonds. The first-order valence-corrected chi connectivity index (χ1v) is 11.3. The van der Waals surface area contributed by atoms with Crippen molar-refractivity contribution in [2.45, 2.75) is 36.5 Å². The summed E-state index contributed by atoms with van der Waals surface area (Å²) in [4.78, 5) is 4.21. The van der Waals surface area contributed by atoms with Crippen molar-refractivity contribution in [2.75, 3.05) is 6.54 Å². The molecule has 0 atom stereocenters. The van der Waals surface area contributed by atoms with E-state index in [1.54, 1.807) is 0 Å². The van der Waals surface area contributed by atoms with Crippen LogP contribution in [0.1, 0.15) is 18.4 Å². The lowest BCUT2D eigenvalue weighted by molar-refractivity contribution is -0.137. The van der Waals surface area contributed by atoms with E-state index in [0.717, 1.165) is 31.1 Å². The molecule has 1 aliphatic rings. The number of fused-ring (bicyclic) bond motifs is 1.